The van der Waals surface area contributed by atoms with Gasteiger partial charge in [0.1, 0.15) is 11.8 Å². The number of fused-ring (bicyclic) bond motifs is 1. The van der Waals surface area contributed by atoms with E-state index in [1.807, 2.05) is 41.3 Å². The molecule has 0 spiro atoms. The minimum absolute atomic E-state index is 0.0318. The van der Waals surface area contributed by atoms with Gasteiger partial charge < -0.3 is 29.3 Å². The molecule has 3 amide bonds. The molecule has 4 rings (SSSR count). The third kappa shape index (κ3) is 4.62. The Morgan fingerprint density at radius 2 is 1.59 bits per heavy atom. The number of benzene rings is 2. The first-order valence-electron chi connectivity index (χ1n) is 11.7. The minimum atomic E-state index is -0.589. The molecular weight excluding hydrogens is 434 g/mol. The number of ether oxygens (including phenoxy) is 3. The second-order valence-corrected chi connectivity index (χ2v) is 8.73. The highest BCUT2D eigenvalue weighted by molar-refractivity contribution is 5.87. The molecule has 0 aliphatic carbocycles. The van der Waals surface area contributed by atoms with Crippen LogP contribution >= 0.6 is 0 Å². The standard InChI is InChI=1S/C26H33N3O5/c1-17(25(30)28-12-5-6-13-28)27-26(31)29-14-11-19-15-22(33-3)23(34-4)16-21(19)24(29)18-7-9-20(32-2)10-8-18/h7-10,15-17,24H,5-6,11-14H2,1-4H3,(H,27,31)/t17-,24-/m0/s1. The highest BCUT2D eigenvalue weighted by Gasteiger charge is 2.35. The van der Waals surface area contributed by atoms with Gasteiger partial charge in [-0.25, -0.2) is 4.79 Å². The Hall–Kier alpha value is -3.42. The molecule has 2 atom stereocenters. The summed E-state index contributed by atoms with van der Waals surface area (Å²) in [7, 11) is 4.85. The number of urea groups is 1. The van der Waals surface area contributed by atoms with Gasteiger partial charge in [-0.05, 0) is 67.1 Å². The summed E-state index contributed by atoms with van der Waals surface area (Å²) < 4.78 is 16.4. The van der Waals surface area contributed by atoms with Crippen molar-refractivity contribution in [2.24, 2.45) is 0 Å². The van der Waals surface area contributed by atoms with Crippen molar-refractivity contribution in [3.05, 3.63) is 53.1 Å². The van der Waals surface area contributed by atoms with Gasteiger partial charge in [0.2, 0.25) is 5.91 Å². The predicted octanol–water partition coefficient (Wildman–Crippen LogP) is 3.38. The molecule has 1 N–H and O–H groups in total. The minimum Gasteiger partial charge on any atom is -0.497 e. The molecule has 2 aromatic rings. The highest BCUT2D eigenvalue weighted by Crippen LogP contribution is 2.41. The molecule has 2 aromatic carbocycles. The van der Waals surface area contributed by atoms with E-state index in [1.54, 1.807) is 33.2 Å². The fourth-order valence-electron chi connectivity index (χ4n) is 4.85. The van der Waals surface area contributed by atoms with Crippen LogP contribution in [0.2, 0.25) is 0 Å². The topological polar surface area (TPSA) is 80.3 Å². The van der Waals surface area contributed by atoms with Gasteiger partial charge in [-0.3, -0.25) is 4.79 Å². The summed E-state index contributed by atoms with van der Waals surface area (Å²) in [6.07, 6.45) is 2.70. The fourth-order valence-corrected chi connectivity index (χ4v) is 4.85. The lowest BCUT2D eigenvalue weighted by Gasteiger charge is -2.38. The van der Waals surface area contributed by atoms with Crippen LogP contribution in [0, 0.1) is 0 Å². The summed E-state index contributed by atoms with van der Waals surface area (Å²) in [5, 5.41) is 2.95. The van der Waals surface area contributed by atoms with E-state index in [9.17, 15) is 9.59 Å². The Morgan fingerprint density at radius 3 is 2.21 bits per heavy atom. The molecule has 1 saturated heterocycles. The molecule has 2 aliphatic rings. The number of methoxy groups -OCH3 is 3. The maximum absolute atomic E-state index is 13.5. The number of amides is 3. The first-order valence-corrected chi connectivity index (χ1v) is 11.7. The molecule has 8 heteroatoms. The maximum Gasteiger partial charge on any atom is 0.318 e. The van der Waals surface area contributed by atoms with Crippen molar-refractivity contribution < 1.29 is 23.8 Å². The monoisotopic (exact) mass is 467 g/mol. The van der Waals surface area contributed by atoms with E-state index in [2.05, 4.69) is 5.32 Å². The van der Waals surface area contributed by atoms with Crippen LogP contribution in [0.25, 0.3) is 0 Å². The van der Waals surface area contributed by atoms with E-state index in [0.29, 0.717) is 24.5 Å². The van der Waals surface area contributed by atoms with Crippen molar-refractivity contribution in [1.82, 2.24) is 15.1 Å². The Bertz CT molecular complexity index is 1030. The van der Waals surface area contributed by atoms with E-state index < -0.39 is 6.04 Å². The molecule has 182 valence electrons. The normalized spacial score (nSPS) is 18.2. The van der Waals surface area contributed by atoms with Crippen molar-refractivity contribution >= 4 is 11.9 Å². The Morgan fingerprint density at radius 1 is 0.941 bits per heavy atom. The zero-order valence-corrected chi connectivity index (χ0v) is 20.3. The summed E-state index contributed by atoms with van der Waals surface area (Å²) in [6, 6.07) is 10.4. The van der Waals surface area contributed by atoms with Gasteiger partial charge in [0, 0.05) is 19.6 Å². The van der Waals surface area contributed by atoms with Crippen molar-refractivity contribution in [2.45, 2.75) is 38.3 Å². The Labute approximate surface area is 200 Å². The van der Waals surface area contributed by atoms with Crippen molar-refractivity contribution in [2.75, 3.05) is 41.0 Å². The van der Waals surface area contributed by atoms with Crippen molar-refractivity contribution in [3.8, 4) is 17.2 Å². The molecule has 2 heterocycles. The first-order chi connectivity index (χ1) is 16.5. The van der Waals surface area contributed by atoms with E-state index in [4.69, 9.17) is 14.2 Å². The van der Waals surface area contributed by atoms with Gasteiger partial charge in [-0.2, -0.15) is 0 Å². The molecule has 8 nitrogen and oxygen atoms in total. The number of carbonyl (C=O) groups is 2. The number of hydrogen-bond donors (Lipinski definition) is 1. The summed E-state index contributed by atoms with van der Waals surface area (Å²) in [5.41, 5.74) is 3.02. The molecule has 0 radical (unpaired) electrons. The Kier molecular flexibility index (Phi) is 7.14. The number of hydrogen-bond acceptors (Lipinski definition) is 5. The highest BCUT2D eigenvalue weighted by atomic mass is 16.5. The number of likely N-dealkylation sites (tertiary alicyclic amines) is 1. The van der Waals surface area contributed by atoms with Crippen LogP contribution in [0.1, 0.15) is 42.5 Å². The lowest BCUT2D eigenvalue weighted by molar-refractivity contribution is -0.131. The zero-order chi connectivity index (χ0) is 24.2. The molecule has 2 aliphatic heterocycles. The third-order valence-electron chi connectivity index (χ3n) is 6.69. The number of nitrogens with zero attached hydrogens (tertiary/aromatic N) is 2. The van der Waals surface area contributed by atoms with Crippen LogP contribution in [0.3, 0.4) is 0 Å². The second kappa shape index (κ2) is 10.2. The summed E-state index contributed by atoms with van der Waals surface area (Å²) >= 11 is 0. The fraction of sp³-hybridized carbons (Fsp3) is 0.462. The largest absolute Gasteiger partial charge is 0.497 e. The molecule has 0 bridgehead atoms. The van der Waals surface area contributed by atoms with Crippen molar-refractivity contribution in [3.63, 3.8) is 0 Å². The van der Waals surface area contributed by atoms with E-state index in [1.165, 1.54) is 0 Å². The average molecular weight is 468 g/mol. The molecule has 0 aromatic heterocycles. The van der Waals surface area contributed by atoms with Gasteiger partial charge in [-0.15, -0.1) is 0 Å². The summed E-state index contributed by atoms with van der Waals surface area (Å²) in [4.78, 5) is 29.9. The van der Waals surface area contributed by atoms with Gasteiger partial charge in [0.15, 0.2) is 11.5 Å². The number of carbonyl (C=O) groups excluding carboxylic acids is 2. The summed E-state index contributed by atoms with van der Waals surface area (Å²) in [5.74, 6) is 1.99. The maximum atomic E-state index is 13.5. The van der Waals surface area contributed by atoms with Crippen LogP contribution in [0.5, 0.6) is 17.2 Å². The van der Waals surface area contributed by atoms with Gasteiger partial charge >= 0.3 is 6.03 Å². The zero-order valence-electron chi connectivity index (χ0n) is 20.3. The van der Waals surface area contributed by atoms with Crippen LogP contribution in [0.4, 0.5) is 4.79 Å². The van der Waals surface area contributed by atoms with Gasteiger partial charge in [-0.1, -0.05) is 12.1 Å². The van der Waals surface area contributed by atoms with Crippen LogP contribution in [-0.2, 0) is 11.2 Å². The smallest absolute Gasteiger partial charge is 0.318 e. The third-order valence-corrected chi connectivity index (χ3v) is 6.69. The van der Waals surface area contributed by atoms with Gasteiger partial charge in [0.25, 0.3) is 0 Å². The molecule has 0 unspecified atom stereocenters. The number of nitrogens with one attached hydrogen (secondary N) is 1. The van der Waals surface area contributed by atoms with Gasteiger partial charge in [0.05, 0.1) is 27.4 Å². The second-order valence-electron chi connectivity index (χ2n) is 8.73. The average Bonchev–Trinajstić information content (AvgIpc) is 3.41. The lowest BCUT2D eigenvalue weighted by atomic mass is 9.87. The first kappa shape index (κ1) is 23.7. The van der Waals surface area contributed by atoms with Crippen LogP contribution < -0.4 is 19.5 Å². The lowest BCUT2D eigenvalue weighted by Crippen LogP contribution is -2.52. The molecule has 0 saturated carbocycles. The molecule has 34 heavy (non-hydrogen) atoms. The molecular formula is C26H33N3O5. The quantitative estimate of drug-likeness (QED) is 0.705. The predicted molar refractivity (Wildman–Crippen MR) is 129 cm³/mol. The molecule has 1 fully saturated rings. The van der Waals surface area contributed by atoms with E-state index in [0.717, 1.165) is 48.4 Å². The summed E-state index contributed by atoms with van der Waals surface area (Å²) in [6.45, 7) is 3.78. The Balaban J connectivity index is 1.66. The van der Waals surface area contributed by atoms with Crippen LogP contribution in [-0.4, -0.2) is 68.7 Å². The van der Waals surface area contributed by atoms with E-state index in [-0.39, 0.29) is 18.0 Å². The van der Waals surface area contributed by atoms with E-state index >= 15 is 0 Å². The van der Waals surface area contributed by atoms with Crippen LogP contribution in [0.15, 0.2) is 36.4 Å². The van der Waals surface area contributed by atoms with Crippen molar-refractivity contribution in [1.29, 1.82) is 0 Å². The number of rotatable bonds is 6. The SMILES string of the molecule is COc1ccc([C@H]2c3cc(OC)c(OC)cc3CCN2C(=O)N[C@@H](C)C(=O)N2CCCC2)cc1.